The summed E-state index contributed by atoms with van der Waals surface area (Å²) < 4.78 is 1.90. The van der Waals surface area contributed by atoms with Crippen LogP contribution in [0.4, 0.5) is 5.69 Å². The molecular formula is C18H20N4OS. The highest BCUT2D eigenvalue weighted by atomic mass is 32.1. The summed E-state index contributed by atoms with van der Waals surface area (Å²) >= 11 is 1.54. The van der Waals surface area contributed by atoms with Gasteiger partial charge in [0.15, 0.2) is 4.96 Å². The molecule has 0 aliphatic carbocycles. The van der Waals surface area contributed by atoms with Crippen LogP contribution >= 0.6 is 11.3 Å². The molecule has 0 saturated carbocycles. The lowest BCUT2D eigenvalue weighted by Gasteiger charge is -2.22. The molecule has 4 rings (SSSR count). The van der Waals surface area contributed by atoms with Crippen molar-refractivity contribution in [1.82, 2.24) is 14.3 Å². The van der Waals surface area contributed by atoms with E-state index in [0.29, 0.717) is 11.6 Å². The van der Waals surface area contributed by atoms with Gasteiger partial charge < -0.3 is 9.80 Å². The SMILES string of the molecule is CN(CC1CCN(c2ccccc2)C1)C(=O)c1cn2ccsc2n1. The summed E-state index contributed by atoms with van der Waals surface area (Å²) in [5.74, 6) is 0.506. The minimum absolute atomic E-state index is 0.00376. The highest BCUT2D eigenvalue weighted by Gasteiger charge is 2.26. The monoisotopic (exact) mass is 340 g/mol. The molecule has 3 aromatic rings. The molecule has 24 heavy (non-hydrogen) atoms. The molecule has 0 bridgehead atoms. The van der Waals surface area contributed by atoms with Crippen molar-refractivity contribution in [3.8, 4) is 0 Å². The lowest BCUT2D eigenvalue weighted by Crippen LogP contribution is -2.33. The first-order valence-corrected chi connectivity index (χ1v) is 9.06. The van der Waals surface area contributed by atoms with Gasteiger partial charge in [0.1, 0.15) is 5.69 Å². The Morgan fingerprint density at radius 1 is 1.38 bits per heavy atom. The topological polar surface area (TPSA) is 40.9 Å². The molecule has 1 fully saturated rings. The molecule has 1 atom stereocenters. The Hall–Kier alpha value is -2.34. The maximum Gasteiger partial charge on any atom is 0.273 e. The number of anilines is 1. The van der Waals surface area contributed by atoms with Gasteiger partial charge in [-0.15, -0.1) is 11.3 Å². The molecule has 1 aliphatic heterocycles. The maximum absolute atomic E-state index is 12.6. The zero-order valence-corrected chi connectivity index (χ0v) is 14.4. The smallest absolute Gasteiger partial charge is 0.273 e. The van der Waals surface area contributed by atoms with E-state index in [-0.39, 0.29) is 5.91 Å². The minimum atomic E-state index is 0.00376. The number of carbonyl (C=O) groups is 1. The zero-order chi connectivity index (χ0) is 16.5. The summed E-state index contributed by atoms with van der Waals surface area (Å²) in [7, 11) is 1.88. The number of amides is 1. The standard InChI is InChI=1S/C18H20N4OS/c1-20(17(23)16-13-22-9-10-24-18(22)19-16)11-14-7-8-21(12-14)15-5-3-2-4-6-15/h2-6,9-10,13-14H,7-8,11-12H2,1H3. The van der Waals surface area contributed by atoms with E-state index in [1.54, 1.807) is 11.3 Å². The van der Waals surface area contributed by atoms with Crippen molar-refractivity contribution in [3.63, 3.8) is 0 Å². The average Bonchev–Trinajstić information content (AvgIpc) is 3.30. The van der Waals surface area contributed by atoms with Crippen LogP contribution in [-0.2, 0) is 0 Å². The van der Waals surface area contributed by atoms with E-state index in [0.717, 1.165) is 31.0 Å². The first-order chi connectivity index (χ1) is 11.7. The third-order valence-corrected chi connectivity index (χ3v) is 5.37. The Bertz CT molecular complexity index is 812. The molecule has 0 N–H and O–H groups in total. The fourth-order valence-electron chi connectivity index (χ4n) is 3.35. The molecule has 1 aliphatic rings. The summed E-state index contributed by atoms with van der Waals surface area (Å²) in [5.41, 5.74) is 1.80. The molecule has 124 valence electrons. The van der Waals surface area contributed by atoms with Crippen LogP contribution in [0.2, 0.25) is 0 Å². The molecule has 0 radical (unpaired) electrons. The fourth-order valence-corrected chi connectivity index (χ4v) is 4.05. The first kappa shape index (κ1) is 15.2. The Balaban J connectivity index is 1.38. The lowest BCUT2D eigenvalue weighted by atomic mass is 10.1. The van der Waals surface area contributed by atoms with Crippen molar-refractivity contribution in [2.24, 2.45) is 5.92 Å². The molecule has 1 saturated heterocycles. The number of hydrogen-bond acceptors (Lipinski definition) is 4. The van der Waals surface area contributed by atoms with Crippen molar-refractivity contribution >= 4 is 27.9 Å². The summed E-state index contributed by atoms with van der Waals surface area (Å²) in [6.07, 6.45) is 4.86. The zero-order valence-electron chi connectivity index (χ0n) is 13.6. The number of fused-ring (bicyclic) bond motifs is 1. The van der Waals surface area contributed by atoms with Gasteiger partial charge in [-0.05, 0) is 24.5 Å². The van der Waals surface area contributed by atoms with Gasteiger partial charge in [0.25, 0.3) is 5.91 Å². The van der Waals surface area contributed by atoms with Crippen LogP contribution in [0.5, 0.6) is 0 Å². The number of imidazole rings is 1. The van der Waals surface area contributed by atoms with Crippen molar-refractivity contribution < 1.29 is 4.79 Å². The Morgan fingerprint density at radius 3 is 3.00 bits per heavy atom. The number of nitrogens with zero attached hydrogens (tertiary/aromatic N) is 4. The third kappa shape index (κ3) is 2.89. The van der Waals surface area contributed by atoms with Gasteiger partial charge in [0.05, 0.1) is 0 Å². The van der Waals surface area contributed by atoms with Gasteiger partial charge in [-0.1, -0.05) is 18.2 Å². The molecule has 3 heterocycles. The quantitative estimate of drug-likeness (QED) is 0.733. The van der Waals surface area contributed by atoms with E-state index in [1.807, 2.05) is 40.2 Å². The van der Waals surface area contributed by atoms with Crippen molar-refractivity contribution in [2.75, 3.05) is 31.6 Å². The van der Waals surface area contributed by atoms with Crippen LogP contribution < -0.4 is 4.90 Å². The molecule has 0 spiro atoms. The van der Waals surface area contributed by atoms with Gasteiger partial charge in [-0.3, -0.25) is 9.20 Å². The van der Waals surface area contributed by atoms with E-state index < -0.39 is 0 Å². The summed E-state index contributed by atoms with van der Waals surface area (Å²) in [5, 5.41) is 1.97. The predicted octanol–water partition coefficient (Wildman–Crippen LogP) is 2.99. The van der Waals surface area contributed by atoms with Gasteiger partial charge in [0.2, 0.25) is 0 Å². The highest BCUT2D eigenvalue weighted by molar-refractivity contribution is 7.15. The van der Waals surface area contributed by atoms with Crippen molar-refractivity contribution in [1.29, 1.82) is 0 Å². The molecule has 5 nitrogen and oxygen atoms in total. The number of carbonyl (C=O) groups excluding carboxylic acids is 1. The molecular weight excluding hydrogens is 320 g/mol. The van der Waals surface area contributed by atoms with E-state index in [1.165, 1.54) is 5.69 Å². The van der Waals surface area contributed by atoms with Crippen molar-refractivity contribution in [2.45, 2.75) is 6.42 Å². The lowest BCUT2D eigenvalue weighted by molar-refractivity contribution is 0.0771. The molecule has 1 unspecified atom stereocenters. The Morgan fingerprint density at radius 2 is 2.21 bits per heavy atom. The van der Waals surface area contributed by atoms with Gasteiger partial charge in [0, 0.05) is 50.1 Å². The normalized spacial score (nSPS) is 17.5. The number of hydrogen-bond donors (Lipinski definition) is 0. The largest absolute Gasteiger partial charge is 0.371 e. The van der Waals surface area contributed by atoms with E-state index in [4.69, 9.17) is 0 Å². The molecule has 2 aromatic heterocycles. The second-order valence-corrected chi connectivity index (χ2v) is 7.21. The second-order valence-electron chi connectivity index (χ2n) is 6.34. The van der Waals surface area contributed by atoms with Gasteiger partial charge >= 0.3 is 0 Å². The maximum atomic E-state index is 12.6. The van der Waals surface area contributed by atoms with E-state index in [9.17, 15) is 4.79 Å². The van der Waals surface area contributed by atoms with Crippen LogP contribution in [0.3, 0.4) is 0 Å². The third-order valence-electron chi connectivity index (χ3n) is 4.60. The van der Waals surface area contributed by atoms with Gasteiger partial charge in [-0.25, -0.2) is 4.98 Å². The van der Waals surface area contributed by atoms with Crippen LogP contribution in [0, 0.1) is 5.92 Å². The number of thiazole rings is 1. The number of aromatic nitrogens is 2. The Kier molecular flexibility index (Phi) is 3.98. The molecule has 6 heteroatoms. The molecule has 1 amide bonds. The van der Waals surface area contributed by atoms with E-state index in [2.05, 4.69) is 34.1 Å². The number of benzene rings is 1. The predicted molar refractivity (Wildman–Crippen MR) is 96.8 cm³/mol. The van der Waals surface area contributed by atoms with Crippen LogP contribution in [0.15, 0.2) is 48.1 Å². The first-order valence-electron chi connectivity index (χ1n) is 8.18. The summed E-state index contributed by atoms with van der Waals surface area (Å²) in [4.78, 5) is 22.1. The van der Waals surface area contributed by atoms with Crippen LogP contribution in [0.25, 0.3) is 4.96 Å². The highest BCUT2D eigenvalue weighted by Crippen LogP contribution is 2.24. The molecule has 1 aromatic carbocycles. The average molecular weight is 340 g/mol. The minimum Gasteiger partial charge on any atom is -0.371 e. The summed E-state index contributed by atoms with van der Waals surface area (Å²) in [6.45, 7) is 2.82. The van der Waals surface area contributed by atoms with Crippen LogP contribution in [0.1, 0.15) is 16.9 Å². The van der Waals surface area contributed by atoms with E-state index >= 15 is 0 Å². The van der Waals surface area contributed by atoms with Gasteiger partial charge in [-0.2, -0.15) is 0 Å². The van der Waals surface area contributed by atoms with Crippen molar-refractivity contribution in [3.05, 3.63) is 53.8 Å². The summed E-state index contributed by atoms with van der Waals surface area (Å²) in [6, 6.07) is 10.5. The second kappa shape index (κ2) is 6.28. The number of rotatable bonds is 4. The van der Waals surface area contributed by atoms with Crippen LogP contribution in [-0.4, -0.2) is 46.9 Å². The fraction of sp³-hybridized carbons (Fsp3) is 0.333. The Labute approximate surface area is 145 Å². The number of para-hydroxylation sites is 1.